The molecule has 0 bridgehead atoms. The van der Waals surface area contributed by atoms with Crippen LogP contribution in [-0.2, 0) is 4.79 Å². The van der Waals surface area contributed by atoms with Crippen molar-refractivity contribution in [1.29, 1.82) is 0 Å². The highest BCUT2D eigenvalue weighted by atomic mass is 32.2. The maximum Gasteiger partial charge on any atom is 0.308 e. The lowest BCUT2D eigenvalue weighted by Gasteiger charge is -2.36. The standard InChI is InChI=1S/C26H29F2N3O3S/c1-34-18-5-7-24-20(15-18)19(8-11-29-24)22(27)6-4-17-9-12-31(16-21(17)26(32)33)13-14-35-25-23(28)3-2-10-30-25/h2-3,5,7-8,10-11,15,17,21-22H,4,6,9,12-14,16H2,1H3,(H,32,33)/t17-,21+,22-/m1/s1. The van der Waals surface area contributed by atoms with Crippen LogP contribution in [0.2, 0.25) is 0 Å². The zero-order valence-electron chi connectivity index (χ0n) is 19.6. The lowest BCUT2D eigenvalue weighted by molar-refractivity contribution is -0.146. The molecule has 1 fully saturated rings. The largest absolute Gasteiger partial charge is 0.497 e. The van der Waals surface area contributed by atoms with E-state index >= 15 is 4.39 Å². The molecule has 3 heterocycles. The van der Waals surface area contributed by atoms with Crippen molar-refractivity contribution < 1.29 is 23.4 Å². The Labute approximate surface area is 207 Å². The molecule has 1 N–H and O–H groups in total. The van der Waals surface area contributed by atoms with Crippen molar-refractivity contribution in [3.8, 4) is 5.75 Å². The molecule has 1 aliphatic rings. The average Bonchev–Trinajstić information content (AvgIpc) is 2.88. The topological polar surface area (TPSA) is 75.5 Å². The highest BCUT2D eigenvalue weighted by molar-refractivity contribution is 7.99. The normalized spacial score (nSPS) is 19.5. The van der Waals surface area contributed by atoms with Gasteiger partial charge in [-0.05, 0) is 73.7 Å². The van der Waals surface area contributed by atoms with E-state index in [1.807, 2.05) is 0 Å². The molecule has 9 heteroatoms. The van der Waals surface area contributed by atoms with Crippen LogP contribution in [0.25, 0.3) is 10.9 Å². The molecular formula is C26H29F2N3O3S. The molecule has 0 radical (unpaired) electrons. The number of thioether (sulfide) groups is 1. The molecule has 2 aromatic heterocycles. The third-order valence-corrected chi connectivity index (χ3v) is 7.60. The van der Waals surface area contributed by atoms with Gasteiger partial charge in [-0.2, -0.15) is 0 Å². The monoisotopic (exact) mass is 501 g/mol. The van der Waals surface area contributed by atoms with E-state index in [0.29, 0.717) is 58.9 Å². The number of piperidine rings is 1. The van der Waals surface area contributed by atoms with Crippen LogP contribution in [0.3, 0.4) is 0 Å². The number of carbonyl (C=O) groups is 1. The molecule has 1 aliphatic heterocycles. The highest BCUT2D eigenvalue weighted by Crippen LogP contribution is 2.35. The summed E-state index contributed by atoms with van der Waals surface area (Å²) in [4.78, 5) is 22.4. The summed E-state index contributed by atoms with van der Waals surface area (Å²) >= 11 is 1.33. The minimum absolute atomic E-state index is 0.0921. The predicted octanol–water partition coefficient (Wildman–Crippen LogP) is 5.38. The first-order chi connectivity index (χ1) is 17.0. The van der Waals surface area contributed by atoms with Gasteiger partial charge >= 0.3 is 5.97 Å². The molecule has 3 aromatic rings. The number of carboxylic acids is 1. The van der Waals surface area contributed by atoms with Gasteiger partial charge < -0.3 is 14.7 Å². The zero-order chi connectivity index (χ0) is 24.8. The summed E-state index contributed by atoms with van der Waals surface area (Å²) in [7, 11) is 1.57. The third kappa shape index (κ3) is 6.27. The third-order valence-electron chi connectivity index (χ3n) is 6.64. The second kappa shape index (κ2) is 11.8. The number of ether oxygens (including phenoxy) is 1. The maximum absolute atomic E-state index is 15.4. The summed E-state index contributed by atoms with van der Waals surface area (Å²) in [5, 5.41) is 10.9. The molecule has 35 heavy (non-hydrogen) atoms. The van der Waals surface area contributed by atoms with Crippen molar-refractivity contribution in [2.45, 2.75) is 30.5 Å². The number of nitrogens with zero attached hydrogens (tertiary/aromatic N) is 3. The van der Waals surface area contributed by atoms with Gasteiger partial charge in [0.1, 0.15) is 16.9 Å². The Balaban J connectivity index is 1.34. The lowest BCUT2D eigenvalue weighted by Crippen LogP contribution is -2.44. The van der Waals surface area contributed by atoms with E-state index in [9.17, 15) is 14.3 Å². The molecular weight excluding hydrogens is 472 g/mol. The molecule has 0 spiro atoms. The van der Waals surface area contributed by atoms with E-state index in [-0.39, 0.29) is 18.2 Å². The summed E-state index contributed by atoms with van der Waals surface area (Å²) in [5.74, 6) is -0.581. The molecule has 0 amide bonds. The first-order valence-electron chi connectivity index (χ1n) is 11.7. The van der Waals surface area contributed by atoms with Crippen LogP contribution in [0.4, 0.5) is 8.78 Å². The number of hydrogen-bond donors (Lipinski definition) is 1. The highest BCUT2D eigenvalue weighted by Gasteiger charge is 2.34. The fourth-order valence-electron chi connectivity index (χ4n) is 4.71. The number of likely N-dealkylation sites (tertiary alicyclic amines) is 1. The van der Waals surface area contributed by atoms with Crippen molar-refractivity contribution in [2.24, 2.45) is 11.8 Å². The van der Waals surface area contributed by atoms with Crippen LogP contribution in [0.5, 0.6) is 5.75 Å². The van der Waals surface area contributed by atoms with Crippen molar-refractivity contribution in [3.05, 3.63) is 60.2 Å². The van der Waals surface area contributed by atoms with Gasteiger partial charge in [-0.15, -0.1) is 11.8 Å². The van der Waals surface area contributed by atoms with E-state index < -0.39 is 18.1 Å². The van der Waals surface area contributed by atoms with Crippen molar-refractivity contribution in [2.75, 3.05) is 32.5 Å². The van der Waals surface area contributed by atoms with E-state index in [1.54, 1.807) is 49.8 Å². The average molecular weight is 502 g/mol. The minimum atomic E-state index is -1.22. The van der Waals surface area contributed by atoms with Gasteiger partial charge in [0.05, 0.1) is 18.5 Å². The Morgan fingerprint density at radius 2 is 2.14 bits per heavy atom. The molecule has 1 aromatic carbocycles. The Kier molecular flexibility index (Phi) is 8.51. The van der Waals surface area contributed by atoms with Crippen LogP contribution < -0.4 is 4.74 Å². The summed E-state index contributed by atoms with van der Waals surface area (Å²) < 4.78 is 34.4. The van der Waals surface area contributed by atoms with Crippen LogP contribution in [-0.4, -0.2) is 58.4 Å². The zero-order valence-corrected chi connectivity index (χ0v) is 20.4. The number of carboxylic acid groups (broad SMARTS) is 1. The Morgan fingerprint density at radius 1 is 1.29 bits per heavy atom. The number of hydrogen-bond acceptors (Lipinski definition) is 6. The minimum Gasteiger partial charge on any atom is -0.497 e. The van der Waals surface area contributed by atoms with Crippen LogP contribution in [0.15, 0.2) is 53.8 Å². The number of pyridine rings is 2. The van der Waals surface area contributed by atoms with E-state index in [1.165, 1.54) is 17.8 Å². The number of rotatable bonds is 10. The molecule has 3 atom stereocenters. The van der Waals surface area contributed by atoms with Crippen LogP contribution in [0.1, 0.15) is 31.0 Å². The number of methoxy groups -OCH3 is 1. The van der Waals surface area contributed by atoms with Crippen LogP contribution in [0, 0.1) is 17.7 Å². The van der Waals surface area contributed by atoms with Gasteiger partial charge in [-0.3, -0.25) is 9.78 Å². The number of aromatic nitrogens is 2. The molecule has 4 rings (SSSR count). The Morgan fingerprint density at radius 3 is 2.91 bits per heavy atom. The van der Waals surface area contributed by atoms with Gasteiger partial charge in [-0.25, -0.2) is 13.8 Å². The quantitative estimate of drug-likeness (QED) is 0.374. The van der Waals surface area contributed by atoms with Crippen LogP contribution >= 0.6 is 11.8 Å². The van der Waals surface area contributed by atoms with E-state index in [0.717, 1.165) is 6.54 Å². The number of alkyl halides is 1. The molecule has 0 saturated carbocycles. The fraction of sp³-hybridized carbons (Fsp3) is 0.423. The Bertz CT molecular complexity index is 1170. The predicted molar refractivity (Wildman–Crippen MR) is 132 cm³/mol. The van der Waals surface area contributed by atoms with Gasteiger partial charge in [0.2, 0.25) is 0 Å². The number of halogens is 2. The van der Waals surface area contributed by atoms with Crippen molar-refractivity contribution in [1.82, 2.24) is 14.9 Å². The first kappa shape index (κ1) is 25.3. The smallest absolute Gasteiger partial charge is 0.308 e. The number of fused-ring (bicyclic) bond motifs is 1. The summed E-state index contributed by atoms with van der Waals surface area (Å²) in [5.41, 5.74) is 1.25. The maximum atomic E-state index is 15.4. The first-order valence-corrected chi connectivity index (χ1v) is 12.7. The molecule has 186 valence electrons. The second-order valence-electron chi connectivity index (χ2n) is 8.76. The summed E-state index contributed by atoms with van der Waals surface area (Å²) in [6, 6.07) is 10.0. The van der Waals surface area contributed by atoms with Gasteiger partial charge in [-0.1, -0.05) is 0 Å². The Hall–Kier alpha value is -2.78. The second-order valence-corrected chi connectivity index (χ2v) is 9.84. The van der Waals surface area contributed by atoms with Gasteiger partial charge in [0.15, 0.2) is 5.82 Å². The lowest BCUT2D eigenvalue weighted by atomic mass is 9.81. The molecule has 0 aliphatic carbocycles. The van der Waals surface area contributed by atoms with Crippen molar-refractivity contribution >= 4 is 28.6 Å². The molecule has 6 nitrogen and oxygen atoms in total. The summed E-state index contributed by atoms with van der Waals surface area (Å²) in [6.07, 6.45) is 3.37. The van der Waals surface area contributed by atoms with E-state index in [2.05, 4.69) is 14.9 Å². The molecule has 1 saturated heterocycles. The summed E-state index contributed by atoms with van der Waals surface area (Å²) in [6.45, 7) is 1.80. The van der Waals surface area contributed by atoms with Gasteiger partial charge in [0, 0.05) is 36.6 Å². The SMILES string of the molecule is COc1ccc2nccc([C@H](F)CC[C@@H]3CCN(CCSc4ncccc4F)C[C@@H]3C(=O)O)c2c1. The van der Waals surface area contributed by atoms with E-state index in [4.69, 9.17) is 4.74 Å². The van der Waals surface area contributed by atoms with Crippen molar-refractivity contribution in [3.63, 3.8) is 0 Å². The fourth-order valence-corrected chi connectivity index (χ4v) is 5.59. The molecule has 0 unspecified atom stereocenters. The van der Waals surface area contributed by atoms with Gasteiger partial charge in [0.25, 0.3) is 0 Å². The number of benzene rings is 1. The number of aliphatic carboxylic acids is 1.